The van der Waals surface area contributed by atoms with Crippen molar-refractivity contribution < 1.29 is 0 Å². The first-order valence-corrected chi connectivity index (χ1v) is 6.87. The number of anilines is 1. The van der Waals surface area contributed by atoms with Gasteiger partial charge in [-0.05, 0) is 24.1 Å². The third kappa shape index (κ3) is 1.91. The number of para-hydroxylation sites is 1. The number of benzene rings is 2. The van der Waals surface area contributed by atoms with Gasteiger partial charge in [-0.1, -0.05) is 48.5 Å². The minimum absolute atomic E-state index is 0.234. The van der Waals surface area contributed by atoms with Gasteiger partial charge in [0.05, 0.1) is 0 Å². The summed E-state index contributed by atoms with van der Waals surface area (Å²) in [5.41, 5.74) is 3.93. The standard InChI is InChI=1S/C16H17NS/c1-11-15(13-9-5-6-10-14(13)17-11)16(18)12-7-3-2-4-8-12/h2-11,15-18H,1H3/t11-,15+,16+/m0/s1. The second kappa shape index (κ2) is 4.69. The third-order valence-corrected chi connectivity index (χ3v) is 4.34. The molecule has 0 spiro atoms. The summed E-state index contributed by atoms with van der Waals surface area (Å²) >= 11 is 4.86. The second-order valence-electron chi connectivity index (χ2n) is 4.90. The molecule has 0 saturated carbocycles. The fraction of sp³-hybridized carbons (Fsp3) is 0.250. The molecule has 0 unspecified atom stereocenters. The van der Waals surface area contributed by atoms with Gasteiger partial charge in [0.1, 0.15) is 0 Å². The van der Waals surface area contributed by atoms with Gasteiger partial charge in [-0.2, -0.15) is 12.6 Å². The van der Waals surface area contributed by atoms with E-state index >= 15 is 0 Å². The number of hydrogen-bond acceptors (Lipinski definition) is 2. The highest BCUT2D eigenvalue weighted by Gasteiger charge is 2.33. The third-order valence-electron chi connectivity index (χ3n) is 3.72. The highest BCUT2D eigenvalue weighted by Crippen LogP contribution is 2.45. The van der Waals surface area contributed by atoms with E-state index < -0.39 is 0 Å². The summed E-state index contributed by atoms with van der Waals surface area (Å²) < 4.78 is 0. The van der Waals surface area contributed by atoms with Crippen LogP contribution in [-0.2, 0) is 0 Å². The molecular formula is C16H17NS. The number of thiol groups is 1. The molecule has 2 heteroatoms. The molecule has 0 aromatic heterocycles. The zero-order valence-electron chi connectivity index (χ0n) is 10.4. The van der Waals surface area contributed by atoms with Gasteiger partial charge in [0, 0.05) is 22.9 Å². The van der Waals surface area contributed by atoms with E-state index in [4.69, 9.17) is 12.6 Å². The van der Waals surface area contributed by atoms with Gasteiger partial charge in [-0.25, -0.2) is 0 Å². The predicted octanol–water partition coefficient (Wildman–Crippen LogP) is 4.26. The summed E-state index contributed by atoms with van der Waals surface area (Å²) in [6, 6.07) is 19.5. The molecule has 1 aliphatic rings. The quantitative estimate of drug-likeness (QED) is 0.764. The molecule has 1 nitrogen and oxygen atoms in total. The summed E-state index contributed by atoms with van der Waals surface area (Å²) in [5, 5.41) is 3.78. The van der Waals surface area contributed by atoms with E-state index in [1.165, 1.54) is 16.8 Å². The molecule has 2 aromatic rings. The first-order chi connectivity index (χ1) is 8.77. The Balaban J connectivity index is 1.97. The van der Waals surface area contributed by atoms with Crippen LogP contribution in [0.5, 0.6) is 0 Å². The minimum Gasteiger partial charge on any atom is -0.382 e. The van der Waals surface area contributed by atoms with Crippen LogP contribution in [0.4, 0.5) is 5.69 Å². The van der Waals surface area contributed by atoms with E-state index in [-0.39, 0.29) is 5.25 Å². The van der Waals surface area contributed by atoms with Crippen LogP contribution in [-0.4, -0.2) is 6.04 Å². The van der Waals surface area contributed by atoms with Crippen LogP contribution in [0.3, 0.4) is 0 Å². The molecule has 3 rings (SSSR count). The van der Waals surface area contributed by atoms with Crippen LogP contribution in [0.1, 0.15) is 29.2 Å². The highest BCUT2D eigenvalue weighted by atomic mass is 32.1. The van der Waals surface area contributed by atoms with Gasteiger partial charge in [0.15, 0.2) is 0 Å². The molecule has 0 bridgehead atoms. The number of nitrogens with one attached hydrogen (secondary N) is 1. The van der Waals surface area contributed by atoms with Crippen LogP contribution in [0.25, 0.3) is 0 Å². The Morgan fingerprint density at radius 2 is 1.67 bits per heavy atom. The normalized spacial score (nSPS) is 23.2. The Morgan fingerprint density at radius 3 is 2.44 bits per heavy atom. The lowest BCUT2D eigenvalue weighted by atomic mass is 9.89. The zero-order chi connectivity index (χ0) is 12.5. The molecule has 0 radical (unpaired) electrons. The Labute approximate surface area is 114 Å². The van der Waals surface area contributed by atoms with Crippen molar-refractivity contribution in [3.8, 4) is 0 Å². The van der Waals surface area contributed by atoms with Crippen LogP contribution < -0.4 is 5.32 Å². The maximum atomic E-state index is 4.86. The van der Waals surface area contributed by atoms with E-state index in [0.29, 0.717) is 12.0 Å². The van der Waals surface area contributed by atoms with Crippen molar-refractivity contribution in [3.63, 3.8) is 0 Å². The second-order valence-corrected chi connectivity index (χ2v) is 5.46. The summed E-state index contributed by atoms with van der Waals surface area (Å²) in [5.74, 6) is 0.423. The van der Waals surface area contributed by atoms with Gasteiger partial charge < -0.3 is 5.32 Å². The van der Waals surface area contributed by atoms with E-state index in [0.717, 1.165) is 0 Å². The van der Waals surface area contributed by atoms with Crippen molar-refractivity contribution in [1.29, 1.82) is 0 Å². The number of hydrogen-bond donors (Lipinski definition) is 2. The van der Waals surface area contributed by atoms with E-state index in [1.807, 2.05) is 6.07 Å². The van der Waals surface area contributed by atoms with E-state index in [1.54, 1.807) is 0 Å². The van der Waals surface area contributed by atoms with Crippen molar-refractivity contribution >= 4 is 18.3 Å². The largest absolute Gasteiger partial charge is 0.382 e. The van der Waals surface area contributed by atoms with Crippen LogP contribution in [0.2, 0.25) is 0 Å². The van der Waals surface area contributed by atoms with Crippen molar-refractivity contribution in [2.45, 2.75) is 24.1 Å². The first-order valence-electron chi connectivity index (χ1n) is 6.36. The molecule has 0 saturated heterocycles. The summed E-state index contributed by atoms with van der Waals surface area (Å²) in [7, 11) is 0. The van der Waals surface area contributed by atoms with Crippen LogP contribution in [0.15, 0.2) is 54.6 Å². The van der Waals surface area contributed by atoms with Crippen molar-refractivity contribution in [3.05, 3.63) is 65.7 Å². The predicted molar refractivity (Wildman–Crippen MR) is 80.4 cm³/mol. The molecule has 1 heterocycles. The van der Waals surface area contributed by atoms with Crippen LogP contribution >= 0.6 is 12.6 Å². The molecule has 2 aromatic carbocycles. The lowest BCUT2D eigenvalue weighted by Gasteiger charge is -2.23. The van der Waals surface area contributed by atoms with Crippen LogP contribution in [0, 0.1) is 0 Å². The molecule has 92 valence electrons. The SMILES string of the molecule is C[C@@H]1Nc2ccccc2[C@@H]1[C@H](S)c1ccccc1. The van der Waals surface area contributed by atoms with Gasteiger partial charge in [-0.15, -0.1) is 0 Å². The monoisotopic (exact) mass is 255 g/mol. The van der Waals surface area contributed by atoms with Crippen molar-refractivity contribution in [2.24, 2.45) is 0 Å². The molecule has 1 aliphatic heterocycles. The minimum atomic E-state index is 0.234. The summed E-state index contributed by atoms with van der Waals surface area (Å²) in [6.07, 6.45) is 0. The van der Waals surface area contributed by atoms with Gasteiger partial charge >= 0.3 is 0 Å². The highest BCUT2D eigenvalue weighted by molar-refractivity contribution is 7.80. The smallest absolute Gasteiger partial charge is 0.0379 e. The molecule has 18 heavy (non-hydrogen) atoms. The summed E-state index contributed by atoms with van der Waals surface area (Å²) in [6.45, 7) is 2.23. The molecular weight excluding hydrogens is 238 g/mol. The fourth-order valence-corrected chi connectivity index (χ4v) is 3.42. The molecule has 0 amide bonds. The molecule has 1 N–H and O–H groups in total. The lowest BCUT2D eigenvalue weighted by molar-refractivity contribution is 0.620. The fourth-order valence-electron chi connectivity index (χ4n) is 2.82. The van der Waals surface area contributed by atoms with E-state index in [9.17, 15) is 0 Å². The Hall–Kier alpha value is -1.41. The van der Waals surface area contributed by atoms with Gasteiger partial charge in [-0.3, -0.25) is 0 Å². The lowest BCUT2D eigenvalue weighted by Crippen LogP contribution is -2.19. The Bertz CT molecular complexity index is 538. The molecule has 3 atom stereocenters. The van der Waals surface area contributed by atoms with E-state index in [2.05, 4.69) is 60.8 Å². The van der Waals surface area contributed by atoms with Crippen molar-refractivity contribution in [1.82, 2.24) is 0 Å². The van der Waals surface area contributed by atoms with Gasteiger partial charge in [0.2, 0.25) is 0 Å². The Morgan fingerprint density at radius 1 is 1.00 bits per heavy atom. The zero-order valence-corrected chi connectivity index (χ0v) is 11.3. The maximum absolute atomic E-state index is 4.86. The average molecular weight is 255 g/mol. The Kier molecular flexibility index (Phi) is 3.04. The maximum Gasteiger partial charge on any atom is 0.0379 e. The molecule has 0 fully saturated rings. The average Bonchev–Trinajstić information content (AvgIpc) is 2.75. The topological polar surface area (TPSA) is 12.0 Å². The number of fused-ring (bicyclic) bond motifs is 1. The molecule has 0 aliphatic carbocycles. The number of rotatable bonds is 2. The van der Waals surface area contributed by atoms with Crippen molar-refractivity contribution in [2.75, 3.05) is 5.32 Å². The summed E-state index contributed by atoms with van der Waals surface area (Å²) in [4.78, 5) is 0. The van der Waals surface area contributed by atoms with Gasteiger partial charge in [0.25, 0.3) is 0 Å². The first kappa shape index (κ1) is 11.7.